The van der Waals surface area contributed by atoms with E-state index in [2.05, 4.69) is 0 Å². The second-order valence-corrected chi connectivity index (χ2v) is 4.00. The first-order valence-corrected chi connectivity index (χ1v) is 4.53. The lowest BCUT2D eigenvalue weighted by Crippen LogP contribution is -2.25. The van der Waals surface area contributed by atoms with E-state index >= 15 is 0 Å². The normalized spacial score (nSPS) is 42.0. The Morgan fingerprint density at radius 1 is 1.00 bits per heavy atom. The molecule has 1 saturated carbocycles. The molecule has 0 aromatic rings. The molecule has 1 aliphatic carbocycles. The Labute approximate surface area is 67.9 Å². The Kier molecular flexibility index (Phi) is 1.69. The second-order valence-electron chi connectivity index (χ2n) is 4.00. The lowest BCUT2D eigenvalue weighted by molar-refractivity contribution is -0.145. The summed E-state index contributed by atoms with van der Waals surface area (Å²) in [5.41, 5.74) is 0. The van der Waals surface area contributed by atoms with E-state index in [1.54, 1.807) is 0 Å². The maximum atomic E-state index is 5.73. The highest BCUT2D eigenvalue weighted by Gasteiger charge is 2.41. The standard InChI is InChI=1S/C9H16O2/c1-9(2)10-7-5-3-4-6-8(7)11-9/h7-8H,3-6H2,1-2H3/t7-,8-/m0/s1. The third-order valence-electron chi connectivity index (χ3n) is 2.51. The Morgan fingerprint density at radius 3 is 1.91 bits per heavy atom. The fourth-order valence-corrected chi connectivity index (χ4v) is 2.09. The largest absolute Gasteiger partial charge is 0.345 e. The van der Waals surface area contributed by atoms with E-state index in [4.69, 9.17) is 9.47 Å². The topological polar surface area (TPSA) is 18.5 Å². The van der Waals surface area contributed by atoms with Crippen LogP contribution in [0.25, 0.3) is 0 Å². The summed E-state index contributed by atoms with van der Waals surface area (Å²) in [7, 11) is 0. The van der Waals surface area contributed by atoms with Crippen LogP contribution in [-0.2, 0) is 9.47 Å². The van der Waals surface area contributed by atoms with Crippen LogP contribution < -0.4 is 0 Å². The van der Waals surface area contributed by atoms with Gasteiger partial charge < -0.3 is 9.47 Å². The summed E-state index contributed by atoms with van der Waals surface area (Å²) >= 11 is 0. The number of hydrogen-bond acceptors (Lipinski definition) is 2. The predicted molar refractivity (Wildman–Crippen MR) is 42.3 cm³/mol. The van der Waals surface area contributed by atoms with Crippen molar-refractivity contribution in [3.8, 4) is 0 Å². The predicted octanol–water partition coefficient (Wildman–Crippen LogP) is 2.08. The van der Waals surface area contributed by atoms with Crippen LogP contribution in [-0.4, -0.2) is 18.0 Å². The molecule has 2 nitrogen and oxygen atoms in total. The molecule has 0 radical (unpaired) electrons. The third-order valence-corrected chi connectivity index (χ3v) is 2.51. The summed E-state index contributed by atoms with van der Waals surface area (Å²) in [4.78, 5) is 0. The van der Waals surface area contributed by atoms with Gasteiger partial charge in [-0.05, 0) is 26.7 Å². The van der Waals surface area contributed by atoms with Gasteiger partial charge in [-0.25, -0.2) is 0 Å². The molecule has 2 atom stereocenters. The minimum Gasteiger partial charge on any atom is -0.345 e. The molecular weight excluding hydrogens is 140 g/mol. The summed E-state index contributed by atoms with van der Waals surface area (Å²) in [6, 6.07) is 0. The van der Waals surface area contributed by atoms with Gasteiger partial charge in [-0.15, -0.1) is 0 Å². The highest BCUT2D eigenvalue weighted by molar-refractivity contribution is 4.84. The molecule has 0 unspecified atom stereocenters. The van der Waals surface area contributed by atoms with Gasteiger partial charge in [-0.3, -0.25) is 0 Å². The zero-order valence-electron chi connectivity index (χ0n) is 7.30. The van der Waals surface area contributed by atoms with Gasteiger partial charge in [0.15, 0.2) is 5.79 Å². The van der Waals surface area contributed by atoms with Gasteiger partial charge in [0.25, 0.3) is 0 Å². The molecule has 1 saturated heterocycles. The van der Waals surface area contributed by atoms with Crippen LogP contribution in [0.4, 0.5) is 0 Å². The van der Waals surface area contributed by atoms with Crippen LogP contribution in [0.1, 0.15) is 39.5 Å². The van der Waals surface area contributed by atoms with Gasteiger partial charge in [0.2, 0.25) is 0 Å². The van der Waals surface area contributed by atoms with Crippen LogP contribution in [0.3, 0.4) is 0 Å². The molecule has 2 aliphatic rings. The van der Waals surface area contributed by atoms with Crippen molar-refractivity contribution in [3.63, 3.8) is 0 Å². The van der Waals surface area contributed by atoms with Crippen LogP contribution in [0.5, 0.6) is 0 Å². The molecule has 64 valence electrons. The van der Waals surface area contributed by atoms with Crippen molar-refractivity contribution >= 4 is 0 Å². The number of ether oxygens (including phenoxy) is 2. The van der Waals surface area contributed by atoms with E-state index < -0.39 is 0 Å². The lowest BCUT2D eigenvalue weighted by Gasteiger charge is -2.21. The van der Waals surface area contributed by atoms with E-state index in [0.717, 1.165) is 0 Å². The van der Waals surface area contributed by atoms with Crippen molar-refractivity contribution in [3.05, 3.63) is 0 Å². The molecule has 0 aromatic heterocycles. The van der Waals surface area contributed by atoms with Gasteiger partial charge >= 0.3 is 0 Å². The Hall–Kier alpha value is -0.0800. The van der Waals surface area contributed by atoms with Crippen molar-refractivity contribution in [2.24, 2.45) is 0 Å². The molecule has 11 heavy (non-hydrogen) atoms. The number of hydrogen-bond donors (Lipinski definition) is 0. The Balaban J connectivity index is 2.03. The average Bonchev–Trinajstić information content (AvgIpc) is 2.21. The van der Waals surface area contributed by atoms with Gasteiger partial charge in [0.1, 0.15) is 0 Å². The smallest absolute Gasteiger partial charge is 0.163 e. The zero-order valence-corrected chi connectivity index (χ0v) is 7.30. The fourth-order valence-electron chi connectivity index (χ4n) is 2.09. The SMILES string of the molecule is CC1(C)O[C@H]2CCCC[C@@H]2O1. The average molecular weight is 156 g/mol. The molecule has 0 amide bonds. The summed E-state index contributed by atoms with van der Waals surface area (Å²) < 4.78 is 11.5. The van der Waals surface area contributed by atoms with Crippen molar-refractivity contribution in [1.82, 2.24) is 0 Å². The van der Waals surface area contributed by atoms with E-state index in [9.17, 15) is 0 Å². The summed E-state index contributed by atoms with van der Waals surface area (Å²) in [5, 5.41) is 0. The number of fused-ring (bicyclic) bond motifs is 1. The van der Waals surface area contributed by atoms with Gasteiger partial charge in [-0.1, -0.05) is 12.8 Å². The molecule has 0 N–H and O–H groups in total. The maximum absolute atomic E-state index is 5.73. The minimum absolute atomic E-state index is 0.320. The lowest BCUT2D eigenvalue weighted by atomic mass is 9.95. The van der Waals surface area contributed by atoms with Crippen LogP contribution in [0, 0.1) is 0 Å². The molecule has 2 rings (SSSR count). The first-order chi connectivity index (χ1) is 5.17. The first-order valence-electron chi connectivity index (χ1n) is 4.53. The van der Waals surface area contributed by atoms with Gasteiger partial charge in [0, 0.05) is 0 Å². The zero-order chi connectivity index (χ0) is 7.90. The molecule has 1 aliphatic heterocycles. The molecule has 2 heteroatoms. The van der Waals surface area contributed by atoms with Crippen molar-refractivity contribution in [1.29, 1.82) is 0 Å². The summed E-state index contributed by atoms with van der Waals surface area (Å²) in [6.07, 6.45) is 5.76. The Bertz CT molecular complexity index is 138. The van der Waals surface area contributed by atoms with Crippen LogP contribution in [0.15, 0.2) is 0 Å². The van der Waals surface area contributed by atoms with Crippen molar-refractivity contribution in [2.45, 2.75) is 57.5 Å². The minimum atomic E-state index is -0.320. The molecule has 1 heterocycles. The van der Waals surface area contributed by atoms with Gasteiger partial charge in [-0.2, -0.15) is 0 Å². The molecule has 0 spiro atoms. The van der Waals surface area contributed by atoms with Crippen LogP contribution >= 0.6 is 0 Å². The third kappa shape index (κ3) is 1.42. The summed E-state index contributed by atoms with van der Waals surface area (Å²) in [5.74, 6) is -0.320. The number of rotatable bonds is 0. The van der Waals surface area contributed by atoms with E-state index in [1.807, 2.05) is 13.8 Å². The summed E-state index contributed by atoms with van der Waals surface area (Å²) in [6.45, 7) is 4.01. The molecule has 0 bridgehead atoms. The molecular formula is C9H16O2. The first kappa shape index (κ1) is 7.56. The Morgan fingerprint density at radius 2 is 1.45 bits per heavy atom. The van der Waals surface area contributed by atoms with Gasteiger partial charge in [0.05, 0.1) is 12.2 Å². The monoisotopic (exact) mass is 156 g/mol. The fraction of sp³-hybridized carbons (Fsp3) is 1.00. The van der Waals surface area contributed by atoms with E-state index in [1.165, 1.54) is 25.7 Å². The molecule has 0 aromatic carbocycles. The van der Waals surface area contributed by atoms with Crippen LogP contribution in [0.2, 0.25) is 0 Å². The quantitative estimate of drug-likeness (QED) is 0.534. The maximum Gasteiger partial charge on any atom is 0.163 e. The van der Waals surface area contributed by atoms with E-state index in [0.29, 0.717) is 12.2 Å². The second kappa shape index (κ2) is 2.46. The van der Waals surface area contributed by atoms with Crippen molar-refractivity contribution < 1.29 is 9.47 Å². The molecule has 2 fully saturated rings. The highest BCUT2D eigenvalue weighted by atomic mass is 16.7. The highest BCUT2D eigenvalue weighted by Crippen LogP contribution is 2.36. The van der Waals surface area contributed by atoms with E-state index in [-0.39, 0.29) is 5.79 Å². The van der Waals surface area contributed by atoms with Crippen molar-refractivity contribution in [2.75, 3.05) is 0 Å².